The van der Waals surface area contributed by atoms with Crippen LogP contribution in [0, 0.1) is 0 Å². The molecule has 2 amide bonds. The number of hydrogen-bond acceptors (Lipinski definition) is 13. The number of carbonyl (C=O) groups excluding carboxylic acids is 2. The molecule has 7 aromatic rings. The molecule has 16 heteroatoms. The average molecular weight is 748 g/mol. The van der Waals surface area contributed by atoms with Crippen molar-refractivity contribution in [2.24, 2.45) is 0 Å². The zero-order valence-corrected chi connectivity index (χ0v) is 29.9. The van der Waals surface area contributed by atoms with Crippen molar-refractivity contribution in [3.63, 3.8) is 0 Å². The van der Waals surface area contributed by atoms with Crippen LogP contribution in [0.2, 0.25) is 0 Å². The second-order valence-electron chi connectivity index (χ2n) is 11.9. The summed E-state index contributed by atoms with van der Waals surface area (Å²) >= 11 is 0. The smallest absolute Gasteiger partial charge is 0.296 e. The first-order chi connectivity index (χ1) is 26.2. The van der Waals surface area contributed by atoms with Crippen LogP contribution in [-0.4, -0.2) is 67.5 Å². The topological polar surface area (TPSA) is 204 Å². The number of nitrogens with one attached hydrogen (secondary N) is 3. The summed E-state index contributed by atoms with van der Waals surface area (Å²) in [6, 6.07) is 24.8. The number of hydrogen-bond donors (Lipinski definition) is 4. The third-order valence-electron chi connectivity index (χ3n) is 8.28. The Morgan fingerprint density at radius 2 is 1.31 bits per heavy atom. The summed E-state index contributed by atoms with van der Waals surface area (Å²) < 4.78 is 34.2. The quantitative estimate of drug-likeness (QED) is 0.143. The van der Waals surface area contributed by atoms with E-state index in [4.69, 9.17) is 18.3 Å². The minimum atomic E-state index is -1.29. The van der Waals surface area contributed by atoms with E-state index in [1.54, 1.807) is 61.6 Å². The normalized spacial score (nSPS) is 15.1. The number of pyridine rings is 2. The molecule has 0 saturated heterocycles. The van der Waals surface area contributed by atoms with Crippen molar-refractivity contribution in [1.82, 2.24) is 30.6 Å². The van der Waals surface area contributed by atoms with E-state index < -0.39 is 16.9 Å². The van der Waals surface area contributed by atoms with Crippen LogP contribution in [0.1, 0.15) is 38.1 Å². The van der Waals surface area contributed by atoms with Crippen LogP contribution >= 0.6 is 0 Å². The first kappa shape index (κ1) is 35.7. The van der Waals surface area contributed by atoms with Gasteiger partial charge in [-0.05, 0) is 47.5 Å². The van der Waals surface area contributed by atoms with Crippen molar-refractivity contribution in [2.75, 3.05) is 25.7 Å². The van der Waals surface area contributed by atoms with Gasteiger partial charge >= 0.3 is 0 Å². The van der Waals surface area contributed by atoms with Crippen LogP contribution in [0.3, 0.4) is 0 Å². The highest BCUT2D eigenvalue weighted by Crippen LogP contribution is 2.35. The summed E-state index contributed by atoms with van der Waals surface area (Å²) in [6.07, 6.45) is 4.55. The molecule has 8 rings (SSSR count). The Morgan fingerprint density at radius 1 is 0.759 bits per heavy atom. The van der Waals surface area contributed by atoms with E-state index in [1.807, 2.05) is 24.3 Å². The van der Waals surface area contributed by atoms with Crippen molar-refractivity contribution >= 4 is 50.8 Å². The van der Waals surface area contributed by atoms with E-state index in [9.17, 15) is 18.9 Å². The lowest BCUT2D eigenvalue weighted by Crippen LogP contribution is -2.21. The van der Waals surface area contributed by atoms with Crippen molar-refractivity contribution in [1.29, 1.82) is 0 Å². The SMILES string of the molecule is CNC(=O)c1cc(Oc2ccc3nc(N[C@H]4c5ccccc5C[C@H]4O)oc3c2)ccn1.CNC(=O)c1cc(Oc2ccc3nc(S(C)=O)oc3c2)ccn1. The molecule has 15 nitrogen and oxygen atoms in total. The van der Waals surface area contributed by atoms with Crippen LogP contribution in [0.15, 0.2) is 111 Å². The number of nitrogens with zero attached hydrogens (tertiary/aromatic N) is 4. The maximum atomic E-state index is 11.8. The molecule has 1 aliphatic carbocycles. The van der Waals surface area contributed by atoms with Crippen LogP contribution in [-0.2, 0) is 17.2 Å². The average Bonchev–Trinajstić information content (AvgIpc) is 3.89. The zero-order chi connectivity index (χ0) is 37.8. The second kappa shape index (κ2) is 15.5. The number of amides is 2. The molecule has 1 aliphatic rings. The van der Waals surface area contributed by atoms with Crippen LogP contribution in [0.5, 0.6) is 23.0 Å². The Morgan fingerprint density at radius 3 is 1.91 bits per heavy atom. The third-order valence-corrected chi connectivity index (χ3v) is 8.95. The van der Waals surface area contributed by atoms with Crippen molar-refractivity contribution in [3.05, 3.63) is 120 Å². The summed E-state index contributed by atoms with van der Waals surface area (Å²) in [6.45, 7) is 0. The highest BCUT2D eigenvalue weighted by atomic mass is 32.2. The van der Waals surface area contributed by atoms with E-state index in [-0.39, 0.29) is 34.5 Å². The molecule has 0 aliphatic heterocycles. The maximum absolute atomic E-state index is 11.8. The fraction of sp³-hybridized carbons (Fsp3) is 0.158. The molecule has 4 heterocycles. The lowest BCUT2D eigenvalue weighted by molar-refractivity contribution is 0.0950. The molecule has 0 radical (unpaired) electrons. The molecule has 0 fully saturated rings. The molecule has 0 saturated carbocycles. The zero-order valence-electron chi connectivity index (χ0n) is 29.1. The summed E-state index contributed by atoms with van der Waals surface area (Å²) in [5, 5.41) is 18.9. The van der Waals surface area contributed by atoms with Gasteiger partial charge in [-0.2, -0.15) is 4.98 Å². The van der Waals surface area contributed by atoms with Crippen molar-refractivity contribution in [3.8, 4) is 23.0 Å². The lowest BCUT2D eigenvalue weighted by atomic mass is 10.1. The summed E-state index contributed by atoms with van der Waals surface area (Å²) in [5.74, 6) is 1.42. The Labute approximate surface area is 310 Å². The number of carbonyl (C=O) groups is 2. The van der Waals surface area contributed by atoms with Gasteiger partial charge in [0.1, 0.15) is 56.2 Å². The van der Waals surface area contributed by atoms with Crippen LogP contribution in [0.25, 0.3) is 22.2 Å². The maximum Gasteiger partial charge on any atom is 0.296 e. The number of anilines is 1. The Hall–Kier alpha value is -6.65. The summed E-state index contributed by atoms with van der Waals surface area (Å²) in [5.41, 5.74) is 4.98. The molecule has 0 bridgehead atoms. The third kappa shape index (κ3) is 7.89. The monoisotopic (exact) mass is 747 g/mol. The minimum Gasteiger partial charge on any atom is -0.457 e. The minimum absolute atomic E-state index is 0.169. The fourth-order valence-corrected chi connectivity index (χ4v) is 6.14. The number of aliphatic hydroxyl groups is 1. The van der Waals surface area contributed by atoms with Gasteiger partial charge in [-0.3, -0.25) is 19.6 Å². The van der Waals surface area contributed by atoms with Gasteiger partial charge in [0.15, 0.2) is 11.2 Å². The Balaban J connectivity index is 0.000000175. The summed E-state index contributed by atoms with van der Waals surface area (Å²) in [4.78, 5) is 39.9. The molecule has 4 N–H and O–H groups in total. The molecule has 1 unspecified atom stereocenters. The number of fused-ring (bicyclic) bond motifs is 3. The number of aliphatic hydroxyl groups excluding tert-OH is 1. The predicted molar refractivity (Wildman–Crippen MR) is 198 cm³/mol. The predicted octanol–water partition coefficient (Wildman–Crippen LogP) is 5.56. The van der Waals surface area contributed by atoms with Gasteiger partial charge in [0, 0.05) is 63.4 Å². The Kier molecular flexibility index (Phi) is 10.3. The van der Waals surface area contributed by atoms with E-state index in [1.165, 1.54) is 31.8 Å². The standard InChI is InChI=1S/C23H20N4O4.C15H13N3O4S/c1-24-22(29)18-11-15(8-9-25-18)30-14-6-7-17-20(12-14)31-23(26-17)27-21-16-5-3-2-4-13(16)10-19(21)28;1-16-14(19)12-7-10(5-6-17-12)21-9-3-4-11-13(8-9)22-15(18-11)23(2)20/h2-9,11-12,19,21,28H,10H2,1H3,(H,24,29)(H,26,27);3-8H,1-2H3,(H,16,19)/t19-,21+;/m1./s1. The lowest BCUT2D eigenvalue weighted by Gasteiger charge is -2.16. The number of aromatic nitrogens is 4. The first-order valence-corrected chi connectivity index (χ1v) is 18.1. The molecule has 3 aromatic carbocycles. The second-order valence-corrected chi connectivity index (χ2v) is 13.2. The van der Waals surface area contributed by atoms with Crippen LogP contribution in [0.4, 0.5) is 6.01 Å². The highest BCUT2D eigenvalue weighted by molar-refractivity contribution is 7.84. The van der Waals surface area contributed by atoms with E-state index >= 15 is 0 Å². The summed E-state index contributed by atoms with van der Waals surface area (Å²) in [7, 11) is 1.79. The van der Waals surface area contributed by atoms with E-state index in [2.05, 4.69) is 35.9 Å². The van der Waals surface area contributed by atoms with Gasteiger partial charge in [0.05, 0.1) is 12.1 Å². The van der Waals surface area contributed by atoms with E-state index in [0.717, 1.165) is 11.1 Å². The van der Waals surface area contributed by atoms with Gasteiger partial charge < -0.3 is 39.4 Å². The molecule has 274 valence electrons. The number of benzene rings is 3. The van der Waals surface area contributed by atoms with E-state index in [0.29, 0.717) is 57.6 Å². The molecular formula is C38H33N7O8S. The van der Waals surface area contributed by atoms with Gasteiger partial charge in [0.2, 0.25) is 0 Å². The first-order valence-electron chi connectivity index (χ1n) is 16.6. The largest absolute Gasteiger partial charge is 0.457 e. The Bertz CT molecular complexity index is 2520. The van der Waals surface area contributed by atoms with Gasteiger partial charge in [0.25, 0.3) is 23.1 Å². The van der Waals surface area contributed by atoms with Crippen molar-refractivity contribution < 1.29 is 37.2 Å². The number of oxazole rings is 2. The number of rotatable bonds is 9. The molecule has 54 heavy (non-hydrogen) atoms. The number of ether oxygens (including phenoxy) is 2. The molecule has 4 aromatic heterocycles. The molecular weight excluding hydrogens is 715 g/mol. The van der Waals surface area contributed by atoms with Crippen LogP contribution < -0.4 is 25.4 Å². The van der Waals surface area contributed by atoms with Gasteiger partial charge in [-0.25, -0.2) is 9.19 Å². The highest BCUT2D eigenvalue weighted by Gasteiger charge is 2.31. The molecule has 0 spiro atoms. The van der Waals surface area contributed by atoms with Gasteiger partial charge in [-0.1, -0.05) is 24.3 Å². The molecule has 3 atom stereocenters. The van der Waals surface area contributed by atoms with Gasteiger partial charge in [-0.15, -0.1) is 0 Å². The fourth-order valence-electron chi connectivity index (χ4n) is 5.71. The van der Waals surface area contributed by atoms with Crippen molar-refractivity contribution in [2.45, 2.75) is 23.8 Å².